The van der Waals surface area contributed by atoms with Gasteiger partial charge in [0.25, 0.3) is 0 Å². The predicted molar refractivity (Wildman–Crippen MR) is 77.7 cm³/mol. The first-order valence-corrected chi connectivity index (χ1v) is 7.09. The number of hydrogen-bond acceptors (Lipinski definition) is 2. The van der Waals surface area contributed by atoms with E-state index in [1.165, 1.54) is 12.0 Å². The SMILES string of the molecule is CCC(C)(C)N1CC(c2ccccc2)NCC1C. The summed E-state index contributed by atoms with van der Waals surface area (Å²) in [6, 6.07) is 11.9. The first-order valence-electron chi connectivity index (χ1n) is 7.09. The summed E-state index contributed by atoms with van der Waals surface area (Å²) in [7, 11) is 0. The smallest absolute Gasteiger partial charge is 0.0450 e. The Morgan fingerprint density at radius 2 is 1.94 bits per heavy atom. The van der Waals surface area contributed by atoms with Crippen LogP contribution in [0.5, 0.6) is 0 Å². The molecular weight excluding hydrogens is 220 g/mol. The Hall–Kier alpha value is -0.860. The molecule has 100 valence electrons. The van der Waals surface area contributed by atoms with Gasteiger partial charge in [-0.25, -0.2) is 0 Å². The van der Waals surface area contributed by atoms with Crippen LogP contribution in [0.2, 0.25) is 0 Å². The van der Waals surface area contributed by atoms with Crippen molar-refractivity contribution in [1.29, 1.82) is 0 Å². The van der Waals surface area contributed by atoms with Crippen LogP contribution in [0.3, 0.4) is 0 Å². The van der Waals surface area contributed by atoms with Crippen LogP contribution >= 0.6 is 0 Å². The van der Waals surface area contributed by atoms with Crippen LogP contribution in [0.1, 0.15) is 45.7 Å². The largest absolute Gasteiger partial charge is 0.307 e. The third kappa shape index (κ3) is 2.76. The van der Waals surface area contributed by atoms with E-state index < -0.39 is 0 Å². The second-order valence-electron chi connectivity index (χ2n) is 6.04. The minimum Gasteiger partial charge on any atom is -0.307 e. The van der Waals surface area contributed by atoms with Gasteiger partial charge in [0.2, 0.25) is 0 Å². The molecule has 0 aromatic heterocycles. The Morgan fingerprint density at radius 3 is 2.56 bits per heavy atom. The highest BCUT2D eigenvalue weighted by Crippen LogP contribution is 2.28. The summed E-state index contributed by atoms with van der Waals surface area (Å²) in [5.74, 6) is 0. The van der Waals surface area contributed by atoms with Gasteiger partial charge in [0.1, 0.15) is 0 Å². The van der Waals surface area contributed by atoms with Crippen LogP contribution in [-0.4, -0.2) is 29.6 Å². The Bertz CT molecular complexity index is 372. The van der Waals surface area contributed by atoms with Gasteiger partial charge in [0, 0.05) is 30.7 Å². The molecule has 2 heteroatoms. The van der Waals surface area contributed by atoms with Gasteiger partial charge in [-0.15, -0.1) is 0 Å². The summed E-state index contributed by atoms with van der Waals surface area (Å²) in [5, 5.41) is 3.67. The normalized spacial score (nSPS) is 26.2. The van der Waals surface area contributed by atoms with Crippen molar-refractivity contribution in [2.45, 2.75) is 51.7 Å². The molecule has 1 N–H and O–H groups in total. The molecule has 1 heterocycles. The molecule has 18 heavy (non-hydrogen) atoms. The lowest BCUT2D eigenvalue weighted by Gasteiger charge is -2.48. The molecule has 0 saturated carbocycles. The third-order valence-electron chi connectivity index (χ3n) is 4.42. The molecule has 1 aliphatic rings. The van der Waals surface area contributed by atoms with Crippen molar-refractivity contribution in [2.24, 2.45) is 0 Å². The van der Waals surface area contributed by atoms with E-state index in [-0.39, 0.29) is 5.54 Å². The van der Waals surface area contributed by atoms with Crippen molar-refractivity contribution >= 4 is 0 Å². The maximum Gasteiger partial charge on any atom is 0.0450 e. The van der Waals surface area contributed by atoms with Gasteiger partial charge in [-0.1, -0.05) is 37.3 Å². The molecule has 0 spiro atoms. The van der Waals surface area contributed by atoms with Crippen molar-refractivity contribution in [3.05, 3.63) is 35.9 Å². The molecule has 1 aromatic carbocycles. The lowest BCUT2D eigenvalue weighted by Crippen LogP contribution is -2.58. The number of nitrogens with one attached hydrogen (secondary N) is 1. The maximum absolute atomic E-state index is 3.67. The summed E-state index contributed by atoms with van der Waals surface area (Å²) >= 11 is 0. The van der Waals surface area contributed by atoms with E-state index in [1.54, 1.807) is 0 Å². The standard InChI is InChI=1S/C16H26N2/c1-5-16(3,4)18-12-15(17-11-13(18)2)14-9-7-6-8-10-14/h6-10,13,15,17H,5,11-12H2,1-4H3. The van der Waals surface area contributed by atoms with E-state index in [0.717, 1.165) is 13.1 Å². The molecule has 0 radical (unpaired) electrons. The van der Waals surface area contributed by atoms with Gasteiger partial charge >= 0.3 is 0 Å². The van der Waals surface area contributed by atoms with Gasteiger partial charge in [-0.05, 0) is 32.8 Å². The van der Waals surface area contributed by atoms with Gasteiger partial charge in [0.05, 0.1) is 0 Å². The highest BCUT2D eigenvalue weighted by atomic mass is 15.3. The molecule has 2 atom stereocenters. The zero-order chi connectivity index (χ0) is 13.2. The Kier molecular flexibility index (Phi) is 4.08. The third-order valence-corrected chi connectivity index (χ3v) is 4.42. The van der Waals surface area contributed by atoms with Crippen LogP contribution in [0, 0.1) is 0 Å². The van der Waals surface area contributed by atoms with Crippen LogP contribution in [0.15, 0.2) is 30.3 Å². The summed E-state index contributed by atoms with van der Waals surface area (Å²) < 4.78 is 0. The van der Waals surface area contributed by atoms with Gasteiger partial charge in [-0.3, -0.25) is 4.90 Å². The summed E-state index contributed by atoms with van der Waals surface area (Å²) in [6.07, 6.45) is 1.19. The van der Waals surface area contributed by atoms with E-state index in [1.807, 2.05) is 0 Å². The number of rotatable bonds is 3. The van der Waals surface area contributed by atoms with Crippen molar-refractivity contribution in [2.75, 3.05) is 13.1 Å². The first-order chi connectivity index (χ1) is 8.54. The van der Waals surface area contributed by atoms with E-state index in [9.17, 15) is 0 Å². The Balaban J connectivity index is 2.14. The molecule has 0 amide bonds. The topological polar surface area (TPSA) is 15.3 Å². The Labute approximate surface area is 111 Å². The summed E-state index contributed by atoms with van der Waals surface area (Å²) in [5.41, 5.74) is 1.69. The summed E-state index contributed by atoms with van der Waals surface area (Å²) in [6.45, 7) is 11.5. The highest BCUT2D eigenvalue weighted by molar-refractivity contribution is 5.20. The van der Waals surface area contributed by atoms with Gasteiger partial charge < -0.3 is 5.32 Å². The minimum atomic E-state index is 0.286. The number of nitrogens with zero attached hydrogens (tertiary/aromatic N) is 1. The molecule has 2 rings (SSSR count). The van der Waals surface area contributed by atoms with Crippen molar-refractivity contribution in [3.63, 3.8) is 0 Å². The lowest BCUT2D eigenvalue weighted by molar-refractivity contribution is 0.0356. The van der Waals surface area contributed by atoms with Crippen molar-refractivity contribution < 1.29 is 0 Å². The van der Waals surface area contributed by atoms with Crippen molar-refractivity contribution in [1.82, 2.24) is 10.2 Å². The second kappa shape index (κ2) is 5.41. The average molecular weight is 246 g/mol. The average Bonchev–Trinajstić information content (AvgIpc) is 2.40. The van der Waals surface area contributed by atoms with Crippen LogP contribution in [0.4, 0.5) is 0 Å². The van der Waals surface area contributed by atoms with Gasteiger partial charge in [-0.2, -0.15) is 0 Å². The molecule has 1 saturated heterocycles. The minimum absolute atomic E-state index is 0.286. The van der Waals surface area contributed by atoms with Crippen LogP contribution in [0.25, 0.3) is 0 Å². The highest BCUT2D eigenvalue weighted by Gasteiger charge is 2.34. The molecule has 2 unspecified atom stereocenters. The molecular formula is C16H26N2. The molecule has 2 nitrogen and oxygen atoms in total. The van der Waals surface area contributed by atoms with E-state index in [0.29, 0.717) is 12.1 Å². The molecule has 1 aliphatic heterocycles. The van der Waals surface area contributed by atoms with E-state index in [2.05, 4.69) is 68.2 Å². The van der Waals surface area contributed by atoms with Crippen LogP contribution < -0.4 is 5.32 Å². The van der Waals surface area contributed by atoms with E-state index >= 15 is 0 Å². The molecule has 0 bridgehead atoms. The van der Waals surface area contributed by atoms with Crippen molar-refractivity contribution in [3.8, 4) is 0 Å². The first kappa shape index (κ1) is 13.6. The Morgan fingerprint density at radius 1 is 1.28 bits per heavy atom. The molecule has 1 aromatic rings. The number of piperazine rings is 1. The van der Waals surface area contributed by atoms with E-state index in [4.69, 9.17) is 0 Å². The predicted octanol–water partition coefficient (Wildman–Crippen LogP) is 3.21. The number of benzene rings is 1. The monoisotopic (exact) mass is 246 g/mol. The summed E-state index contributed by atoms with van der Waals surface area (Å²) in [4.78, 5) is 2.65. The van der Waals surface area contributed by atoms with Crippen LogP contribution in [-0.2, 0) is 0 Å². The number of hydrogen-bond donors (Lipinski definition) is 1. The maximum atomic E-state index is 3.67. The molecule has 1 fully saturated rings. The fourth-order valence-corrected chi connectivity index (χ4v) is 2.82. The quantitative estimate of drug-likeness (QED) is 0.881. The fourth-order valence-electron chi connectivity index (χ4n) is 2.82. The lowest BCUT2D eigenvalue weighted by atomic mass is 9.93. The van der Waals surface area contributed by atoms with Gasteiger partial charge in [0.15, 0.2) is 0 Å². The zero-order valence-corrected chi connectivity index (χ0v) is 12.1. The second-order valence-corrected chi connectivity index (χ2v) is 6.04. The molecule has 0 aliphatic carbocycles. The zero-order valence-electron chi connectivity index (χ0n) is 12.1. The fraction of sp³-hybridized carbons (Fsp3) is 0.625.